The number of ketones is 1. The molecule has 25 heavy (non-hydrogen) atoms. The number of pyridine rings is 1. The first-order valence-corrected chi connectivity index (χ1v) is 9.20. The average Bonchev–Trinajstić information content (AvgIpc) is 3.04. The molecule has 1 aliphatic heterocycles. The normalized spacial score (nSPS) is 13.9. The molecule has 7 heteroatoms. The summed E-state index contributed by atoms with van der Waals surface area (Å²) in [5.74, 6) is 0.865. The van der Waals surface area contributed by atoms with Gasteiger partial charge >= 0.3 is 0 Å². The maximum Gasteiger partial charge on any atom is 0.265 e. The van der Waals surface area contributed by atoms with E-state index in [0.29, 0.717) is 24.5 Å². The minimum absolute atomic E-state index is 0.0530. The molecule has 0 atom stereocenters. The van der Waals surface area contributed by atoms with Gasteiger partial charge in [-0.15, -0.1) is 0 Å². The highest BCUT2D eigenvalue weighted by atomic mass is 32.2. The molecule has 0 radical (unpaired) electrons. The molecule has 0 aliphatic carbocycles. The number of allylic oxidation sites excluding steroid dienone is 1. The maximum absolute atomic E-state index is 12.9. The Morgan fingerprint density at radius 3 is 2.84 bits per heavy atom. The van der Waals surface area contributed by atoms with E-state index < -0.39 is 10.0 Å². The van der Waals surface area contributed by atoms with E-state index in [2.05, 4.69) is 4.98 Å². The van der Waals surface area contributed by atoms with E-state index in [9.17, 15) is 13.2 Å². The first kappa shape index (κ1) is 17.2. The second-order valence-corrected chi connectivity index (χ2v) is 7.56. The van der Waals surface area contributed by atoms with Crippen molar-refractivity contribution < 1.29 is 17.9 Å². The molecule has 0 saturated carbocycles. The van der Waals surface area contributed by atoms with E-state index in [0.717, 1.165) is 11.1 Å². The molecule has 1 aromatic carbocycles. The van der Waals surface area contributed by atoms with E-state index in [1.165, 1.54) is 30.5 Å². The van der Waals surface area contributed by atoms with Crippen molar-refractivity contribution in [3.8, 4) is 5.75 Å². The van der Waals surface area contributed by atoms with E-state index in [4.69, 9.17) is 4.74 Å². The lowest BCUT2D eigenvalue weighted by Crippen LogP contribution is -2.29. The second kappa shape index (κ2) is 6.68. The number of carbonyl (C=O) groups is 1. The zero-order valence-corrected chi connectivity index (χ0v) is 14.8. The molecule has 2 aromatic rings. The number of methoxy groups -OCH3 is 1. The van der Waals surface area contributed by atoms with Crippen molar-refractivity contribution in [3.63, 3.8) is 0 Å². The lowest BCUT2D eigenvalue weighted by atomic mass is 10.1. The van der Waals surface area contributed by atoms with Gasteiger partial charge in [0.2, 0.25) is 0 Å². The molecular formula is C18H18N2O4S. The van der Waals surface area contributed by atoms with Crippen LogP contribution in [0.2, 0.25) is 0 Å². The number of hydrogen-bond acceptors (Lipinski definition) is 5. The molecule has 0 spiro atoms. The summed E-state index contributed by atoms with van der Waals surface area (Å²) < 4.78 is 32.3. The average molecular weight is 358 g/mol. The van der Waals surface area contributed by atoms with Gasteiger partial charge in [-0.1, -0.05) is 6.07 Å². The van der Waals surface area contributed by atoms with Gasteiger partial charge in [0.25, 0.3) is 10.0 Å². The number of hydrogen-bond donors (Lipinski definition) is 0. The number of carbonyl (C=O) groups excluding carboxylic acids is 1. The quantitative estimate of drug-likeness (QED) is 0.767. The highest BCUT2D eigenvalue weighted by molar-refractivity contribution is 7.92. The van der Waals surface area contributed by atoms with Crippen molar-refractivity contribution in [3.05, 3.63) is 53.7 Å². The molecule has 0 N–H and O–H groups in total. The summed E-state index contributed by atoms with van der Waals surface area (Å²) in [4.78, 5) is 15.5. The van der Waals surface area contributed by atoms with Crippen molar-refractivity contribution >= 4 is 27.7 Å². The van der Waals surface area contributed by atoms with Crippen LogP contribution in [0, 0.1) is 0 Å². The zero-order chi connectivity index (χ0) is 18.0. The van der Waals surface area contributed by atoms with Gasteiger partial charge in [-0.3, -0.25) is 4.79 Å². The van der Waals surface area contributed by atoms with Gasteiger partial charge < -0.3 is 4.74 Å². The fraction of sp³-hybridized carbons (Fsp3) is 0.222. The van der Waals surface area contributed by atoms with Crippen LogP contribution in [0.5, 0.6) is 5.75 Å². The molecule has 6 nitrogen and oxygen atoms in total. The van der Waals surface area contributed by atoms with Crippen LogP contribution in [0.15, 0.2) is 47.5 Å². The Hall–Kier alpha value is -2.67. The van der Waals surface area contributed by atoms with Crippen LogP contribution in [-0.4, -0.2) is 32.8 Å². The fourth-order valence-electron chi connectivity index (χ4n) is 2.69. The molecule has 0 amide bonds. The van der Waals surface area contributed by atoms with Gasteiger partial charge in [-0.2, -0.15) is 0 Å². The third-order valence-corrected chi connectivity index (χ3v) is 5.71. The van der Waals surface area contributed by atoms with E-state index >= 15 is 0 Å². The number of sulfonamides is 1. The number of benzene rings is 1. The third-order valence-electron chi connectivity index (χ3n) is 3.92. The van der Waals surface area contributed by atoms with Crippen molar-refractivity contribution in [2.45, 2.75) is 18.2 Å². The van der Waals surface area contributed by atoms with Crippen LogP contribution in [0.3, 0.4) is 0 Å². The zero-order valence-electron chi connectivity index (χ0n) is 14.0. The molecule has 2 heterocycles. The van der Waals surface area contributed by atoms with E-state index in [1.807, 2.05) is 6.07 Å². The molecule has 3 rings (SSSR count). The van der Waals surface area contributed by atoms with Crippen molar-refractivity contribution in [1.29, 1.82) is 0 Å². The van der Waals surface area contributed by atoms with Gasteiger partial charge in [0, 0.05) is 18.8 Å². The number of rotatable bonds is 5. The van der Waals surface area contributed by atoms with Gasteiger partial charge in [0.15, 0.2) is 5.78 Å². The van der Waals surface area contributed by atoms with E-state index in [-0.39, 0.29) is 10.7 Å². The SMILES string of the molecule is COc1cccc(S(=O)(=O)N2CCc3cc(C=CC(C)=O)cnc32)c1. The number of aromatic nitrogens is 1. The smallest absolute Gasteiger partial charge is 0.265 e. The van der Waals surface area contributed by atoms with Crippen LogP contribution >= 0.6 is 0 Å². The standard InChI is InChI=1S/C18H18N2O4S/c1-13(21)6-7-14-10-15-8-9-20(18(15)19-12-14)25(22,23)17-5-3-4-16(11-17)24-2/h3-7,10-12H,8-9H2,1-2H3. The van der Waals surface area contributed by atoms with Crippen molar-refractivity contribution in [1.82, 2.24) is 4.98 Å². The summed E-state index contributed by atoms with van der Waals surface area (Å²) in [5, 5.41) is 0. The largest absolute Gasteiger partial charge is 0.497 e. The van der Waals surface area contributed by atoms with Crippen LogP contribution in [0.1, 0.15) is 18.1 Å². The van der Waals surface area contributed by atoms with Crippen LogP contribution in [0.25, 0.3) is 6.08 Å². The van der Waals surface area contributed by atoms with Crippen molar-refractivity contribution in [2.24, 2.45) is 0 Å². The summed E-state index contributed by atoms with van der Waals surface area (Å²) in [5.41, 5.74) is 1.62. The molecule has 1 aliphatic rings. The third kappa shape index (κ3) is 3.41. The second-order valence-electron chi connectivity index (χ2n) is 5.70. The Balaban J connectivity index is 1.95. The number of anilines is 1. The summed E-state index contributed by atoms with van der Waals surface area (Å²) in [6.45, 7) is 1.81. The molecule has 0 bridgehead atoms. The first-order chi connectivity index (χ1) is 11.9. The minimum atomic E-state index is -3.70. The molecule has 1 aromatic heterocycles. The van der Waals surface area contributed by atoms with E-state index in [1.54, 1.807) is 30.5 Å². The Kier molecular flexibility index (Phi) is 4.59. The van der Waals surface area contributed by atoms with Crippen LogP contribution < -0.4 is 9.04 Å². The minimum Gasteiger partial charge on any atom is -0.497 e. The summed E-state index contributed by atoms with van der Waals surface area (Å²) in [7, 11) is -2.21. The predicted octanol–water partition coefficient (Wildman–Crippen LogP) is 2.44. The highest BCUT2D eigenvalue weighted by Gasteiger charge is 2.32. The van der Waals surface area contributed by atoms with Crippen molar-refractivity contribution in [2.75, 3.05) is 18.0 Å². The summed E-state index contributed by atoms with van der Waals surface area (Å²) in [6.07, 6.45) is 5.28. The molecule has 0 fully saturated rings. The topological polar surface area (TPSA) is 76.6 Å². The fourth-order valence-corrected chi connectivity index (χ4v) is 4.18. The Morgan fingerprint density at radius 1 is 1.32 bits per heavy atom. The molecular weight excluding hydrogens is 340 g/mol. The Morgan fingerprint density at radius 2 is 2.12 bits per heavy atom. The maximum atomic E-state index is 12.9. The van der Waals surface area contributed by atoms with Gasteiger partial charge in [-0.05, 0) is 54.8 Å². The highest BCUT2D eigenvalue weighted by Crippen LogP contribution is 2.32. The van der Waals surface area contributed by atoms with Crippen LogP contribution in [0.4, 0.5) is 5.82 Å². The van der Waals surface area contributed by atoms with Gasteiger partial charge in [-0.25, -0.2) is 17.7 Å². The number of ether oxygens (including phenoxy) is 1. The van der Waals surface area contributed by atoms with Crippen LogP contribution in [-0.2, 0) is 21.2 Å². The lowest BCUT2D eigenvalue weighted by molar-refractivity contribution is -0.112. The molecule has 130 valence electrons. The Labute approximate surface area is 146 Å². The molecule has 0 unspecified atom stereocenters. The number of fused-ring (bicyclic) bond motifs is 1. The first-order valence-electron chi connectivity index (χ1n) is 7.76. The lowest BCUT2D eigenvalue weighted by Gasteiger charge is -2.19. The van der Waals surface area contributed by atoms with Gasteiger partial charge in [0.1, 0.15) is 11.6 Å². The monoisotopic (exact) mass is 358 g/mol. The number of nitrogens with zero attached hydrogens (tertiary/aromatic N) is 2. The predicted molar refractivity (Wildman–Crippen MR) is 95.2 cm³/mol. The Bertz CT molecular complexity index is 951. The molecule has 0 saturated heterocycles. The summed E-state index contributed by atoms with van der Waals surface area (Å²) in [6, 6.07) is 8.24. The van der Waals surface area contributed by atoms with Gasteiger partial charge in [0.05, 0.1) is 12.0 Å². The summed E-state index contributed by atoms with van der Waals surface area (Å²) >= 11 is 0.